The second kappa shape index (κ2) is 12.1. The van der Waals surface area contributed by atoms with Crippen molar-refractivity contribution >= 4 is 23.3 Å². The minimum absolute atomic E-state index is 0.0749. The third kappa shape index (κ3) is 7.10. The molecule has 0 atom stereocenters. The molecule has 1 amide bonds. The van der Waals surface area contributed by atoms with Crippen molar-refractivity contribution in [3.05, 3.63) is 82.4 Å². The van der Waals surface area contributed by atoms with Gasteiger partial charge < -0.3 is 17.2 Å². The fraction of sp³-hybridized carbons (Fsp3) is 0.280. The van der Waals surface area contributed by atoms with E-state index in [1.165, 1.54) is 28.5 Å². The number of benzene rings is 2. The Morgan fingerprint density at radius 1 is 0.848 bits per heavy atom. The first-order valence-electron chi connectivity index (χ1n) is 11.0. The summed E-state index contributed by atoms with van der Waals surface area (Å²) in [5.74, 6) is -0.615. The molecule has 0 spiro atoms. The van der Waals surface area contributed by atoms with E-state index in [0.717, 1.165) is 38.6 Å². The van der Waals surface area contributed by atoms with Crippen LogP contribution in [0.1, 0.15) is 46.6 Å². The number of hydrogen-bond donors (Lipinski definition) is 3. The van der Waals surface area contributed by atoms with Crippen LogP contribution in [0.15, 0.2) is 59.7 Å². The Balaban J connectivity index is 1.49. The molecule has 0 saturated carbocycles. The number of primary amides is 1. The third-order valence-electron chi connectivity index (χ3n) is 5.29. The Bertz CT molecular complexity index is 1100. The number of carbonyl (C=O) groups is 1. The lowest BCUT2D eigenvalue weighted by molar-refractivity contribution is 0.0995. The van der Waals surface area contributed by atoms with Gasteiger partial charge in [0.25, 0.3) is 5.91 Å². The zero-order chi connectivity index (χ0) is 23.6. The van der Waals surface area contributed by atoms with Crippen molar-refractivity contribution in [3.8, 4) is 11.1 Å². The molecule has 0 aliphatic rings. The number of aromatic nitrogens is 2. The van der Waals surface area contributed by atoms with Gasteiger partial charge in [0.2, 0.25) is 0 Å². The van der Waals surface area contributed by atoms with Crippen molar-refractivity contribution in [2.45, 2.75) is 32.1 Å². The number of aliphatic imine (C=N–C) groups is 1. The summed E-state index contributed by atoms with van der Waals surface area (Å²) in [4.78, 5) is 23.8. The summed E-state index contributed by atoms with van der Waals surface area (Å²) >= 11 is 5.77. The molecular weight excluding hydrogens is 436 g/mol. The van der Waals surface area contributed by atoms with E-state index in [9.17, 15) is 4.79 Å². The lowest BCUT2D eigenvalue weighted by atomic mass is 10.00. The maximum atomic E-state index is 11.5. The average Bonchev–Trinajstić information content (AvgIpc) is 2.83. The zero-order valence-corrected chi connectivity index (χ0v) is 19.3. The van der Waals surface area contributed by atoms with Gasteiger partial charge in [-0.05, 0) is 60.9 Å². The molecule has 172 valence electrons. The molecule has 8 heteroatoms. The predicted octanol–water partition coefficient (Wildman–Crippen LogP) is 3.52. The molecule has 0 bridgehead atoms. The van der Waals surface area contributed by atoms with E-state index in [1.54, 1.807) is 0 Å². The normalized spacial score (nSPS) is 11.5. The maximum Gasteiger partial charge on any atom is 0.269 e. The average molecular weight is 465 g/mol. The first-order valence-corrected chi connectivity index (χ1v) is 11.4. The SMILES string of the molecule is NCCCc1ccc(-c2ccc(CCCCN=C(N)c3ncc(Cl)nc3C(N)=O)cc2)cc1. The van der Waals surface area contributed by atoms with Crippen molar-refractivity contribution in [3.63, 3.8) is 0 Å². The number of nitrogens with two attached hydrogens (primary N) is 3. The van der Waals surface area contributed by atoms with Crippen molar-refractivity contribution < 1.29 is 4.79 Å². The number of halogens is 1. The van der Waals surface area contributed by atoms with Crippen molar-refractivity contribution in [1.82, 2.24) is 9.97 Å². The molecular formula is C25H29ClN6O. The minimum atomic E-state index is -0.746. The number of hydrogen-bond acceptors (Lipinski definition) is 5. The highest BCUT2D eigenvalue weighted by Crippen LogP contribution is 2.21. The van der Waals surface area contributed by atoms with Gasteiger partial charge in [0.1, 0.15) is 16.7 Å². The summed E-state index contributed by atoms with van der Waals surface area (Å²) in [6.07, 6.45) is 6.09. The van der Waals surface area contributed by atoms with Crippen LogP contribution in [0.4, 0.5) is 0 Å². The summed E-state index contributed by atoms with van der Waals surface area (Å²) in [5, 5.41) is 0.0749. The molecule has 2 aromatic carbocycles. The molecule has 33 heavy (non-hydrogen) atoms. The van der Waals surface area contributed by atoms with Gasteiger partial charge in [-0.3, -0.25) is 9.79 Å². The summed E-state index contributed by atoms with van der Waals surface area (Å²) in [6.45, 7) is 1.24. The number of carbonyl (C=O) groups excluding carboxylic acids is 1. The van der Waals surface area contributed by atoms with E-state index in [-0.39, 0.29) is 22.4 Å². The van der Waals surface area contributed by atoms with E-state index < -0.39 is 5.91 Å². The Labute approximate surface area is 199 Å². The lowest BCUT2D eigenvalue weighted by Crippen LogP contribution is -2.24. The molecule has 3 rings (SSSR count). The highest BCUT2D eigenvalue weighted by atomic mass is 35.5. The van der Waals surface area contributed by atoms with Gasteiger partial charge in [0.05, 0.1) is 6.20 Å². The highest BCUT2D eigenvalue weighted by Gasteiger charge is 2.15. The second-order valence-electron chi connectivity index (χ2n) is 7.76. The summed E-state index contributed by atoms with van der Waals surface area (Å²) < 4.78 is 0. The highest BCUT2D eigenvalue weighted by molar-refractivity contribution is 6.29. The van der Waals surface area contributed by atoms with Gasteiger partial charge in [-0.15, -0.1) is 0 Å². The first-order chi connectivity index (χ1) is 16.0. The largest absolute Gasteiger partial charge is 0.382 e. The van der Waals surface area contributed by atoms with Crippen LogP contribution in [0.3, 0.4) is 0 Å². The van der Waals surface area contributed by atoms with Crippen LogP contribution >= 0.6 is 11.6 Å². The van der Waals surface area contributed by atoms with Crippen LogP contribution in [0.2, 0.25) is 5.15 Å². The van der Waals surface area contributed by atoms with Crippen LogP contribution in [-0.2, 0) is 12.8 Å². The lowest BCUT2D eigenvalue weighted by Gasteiger charge is -2.07. The molecule has 3 aromatic rings. The minimum Gasteiger partial charge on any atom is -0.382 e. The van der Waals surface area contributed by atoms with Crippen LogP contribution in [-0.4, -0.2) is 34.8 Å². The van der Waals surface area contributed by atoms with E-state index >= 15 is 0 Å². The van der Waals surface area contributed by atoms with Crippen molar-refractivity contribution in [1.29, 1.82) is 0 Å². The summed E-state index contributed by atoms with van der Waals surface area (Å²) in [7, 11) is 0. The standard InChI is InChI=1S/C25H29ClN6O/c26-21-16-31-22(23(32-21)25(29)33)24(28)30-15-2-1-4-17-6-10-19(11-7-17)20-12-8-18(9-13-20)5-3-14-27/h6-13,16H,1-5,14-15,27H2,(H2,28,30)(H2,29,33). The molecule has 1 aromatic heterocycles. The van der Waals surface area contributed by atoms with Crippen LogP contribution < -0.4 is 17.2 Å². The van der Waals surface area contributed by atoms with Gasteiger partial charge in [-0.2, -0.15) is 0 Å². The van der Waals surface area contributed by atoms with Gasteiger partial charge in [-0.25, -0.2) is 9.97 Å². The van der Waals surface area contributed by atoms with Gasteiger partial charge in [0.15, 0.2) is 5.69 Å². The molecule has 0 saturated heterocycles. The number of rotatable bonds is 11. The fourth-order valence-corrected chi connectivity index (χ4v) is 3.61. The Morgan fingerprint density at radius 3 is 1.97 bits per heavy atom. The molecule has 0 fully saturated rings. The molecule has 0 unspecified atom stereocenters. The van der Waals surface area contributed by atoms with Gasteiger partial charge in [-0.1, -0.05) is 60.1 Å². The predicted molar refractivity (Wildman–Crippen MR) is 133 cm³/mol. The Kier molecular flexibility index (Phi) is 8.92. The molecule has 0 aliphatic carbocycles. The molecule has 1 heterocycles. The number of aryl methyl sites for hydroxylation is 2. The van der Waals surface area contributed by atoms with Crippen LogP contribution in [0.25, 0.3) is 11.1 Å². The number of unbranched alkanes of at least 4 members (excludes halogenated alkanes) is 1. The van der Waals surface area contributed by atoms with E-state index in [2.05, 4.69) is 63.5 Å². The topological polar surface area (TPSA) is 133 Å². The van der Waals surface area contributed by atoms with Gasteiger partial charge in [0, 0.05) is 6.54 Å². The van der Waals surface area contributed by atoms with E-state index in [0.29, 0.717) is 6.54 Å². The van der Waals surface area contributed by atoms with Crippen molar-refractivity contribution in [2.75, 3.05) is 13.1 Å². The van der Waals surface area contributed by atoms with Crippen LogP contribution in [0.5, 0.6) is 0 Å². The molecule has 0 aliphatic heterocycles. The van der Waals surface area contributed by atoms with E-state index in [4.69, 9.17) is 28.8 Å². The fourth-order valence-electron chi connectivity index (χ4n) is 3.48. The number of nitrogens with zero attached hydrogens (tertiary/aromatic N) is 3. The van der Waals surface area contributed by atoms with E-state index in [1.807, 2.05) is 0 Å². The second-order valence-corrected chi connectivity index (χ2v) is 8.15. The Hall–Kier alpha value is -3.29. The van der Waals surface area contributed by atoms with Gasteiger partial charge >= 0.3 is 0 Å². The van der Waals surface area contributed by atoms with Crippen LogP contribution in [0, 0.1) is 0 Å². The maximum absolute atomic E-state index is 11.5. The quantitative estimate of drug-likeness (QED) is 0.227. The third-order valence-corrected chi connectivity index (χ3v) is 5.47. The zero-order valence-electron chi connectivity index (χ0n) is 18.5. The summed E-state index contributed by atoms with van der Waals surface area (Å²) in [5.41, 5.74) is 22.0. The summed E-state index contributed by atoms with van der Waals surface area (Å²) in [6, 6.07) is 17.3. The number of amides is 1. The van der Waals surface area contributed by atoms with Crippen molar-refractivity contribution in [2.24, 2.45) is 22.2 Å². The first kappa shape index (κ1) is 24.4. The molecule has 6 N–H and O–H groups in total. The smallest absolute Gasteiger partial charge is 0.269 e. The number of amidine groups is 1. The Morgan fingerprint density at radius 2 is 1.42 bits per heavy atom. The monoisotopic (exact) mass is 464 g/mol. The molecule has 7 nitrogen and oxygen atoms in total. The molecule has 0 radical (unpaired) electrons.